The van der Waals surface area contributed by atoms with Crippen molar-refractivity contribution in [1.82, 2.24) is 25.5 Å². The SMILES string of the molecule is C=C(NCc1ccccc1)C1CCCN1C.C=CCc1cnc(CCNC)c(N)c1.Fc1ncccc1C1CC1. The fourth-order valence-electron chi connectivity index (χ4n) is 4.66. The zero-order valence-corrected chi connectivity index (χ0v) is 24.1. The van der Waals surface area contributed by atoms with Crippen molar-refractivity contribution in [1.29, 1.82) is 0 Å². The van der Waals surface area contributed by atoms with Crippen LogP contribution in [0.3, 0.4) is 0 Å². The van der Waals surface area contributed by atoms with Gasteiger partial charge >= 0.3 is 0 Å². The Morgan fingerprint density at radius 3 is 2.50 bits per heavy atom. The summed E-state index contributed by atoms with van der Waals surface area (Å²) >= 11 is 0. The topological polar surface area (TPSA) is 79.1 Å². The van der Waals surface area contributed by atoms with Crippen molar-refractivity contribution in [3.63, 3.8) is 0 Å². The molecule has 214 valence electrons. The van der Waals surface area contributed by atoms with Crippen LogP contribution in [0, 0.1) is 5.95 Å². The van der Waals surface area contributed by atoms with Gasteiger partial charge in [0.1, 0.15) is 0 Å². The summed E-state index contributed by atoms with van der Waals surface area (Å²) in [4.78, 5) is 10.3. The third-order valence-electron chi connectivity index (χ3n) is 7.14. The Morgan fingerprint density at radius 2 is 1.90 bits per heavy atom. The fourth-order valence-corrected chi connectivity index (χ4v) is 4.66. The molecule has 40 heavy (non-hydrogen) atoms. The molecule has 5 rings (SSSR count). The number of allylic oxidation sites excluding steroid dienone is 1. The highest BCUT2D eigenvalue weighted by Crippen LogP contribution is 2.40. The number of halogens is 1. The summed E-state index contributed by atoms with van der Waals surface area (Å²) in [6.45, 7) is 10.8. The van der Waals surface area contributed by atoms with E-state index >= 15 is 0 Å². The van der Waals surface area contributed by atoms with Gasteiger partial charge in [0.15, 0.2) is 0 Å². The Hall–Kier alpha value is -3.55. The van der Waals surface area contributed by atoms with E-state index in [9.17, 15) is 4.39 Å². The Balaban J connectivity index is 0.000000169. The van der Waals surface area contributed by atoms with E-state index in [1.165, 1.54) is 31.1 Å². The molecule has 1 saturated carbocycles. The molecule has 4 N–H and O–H groups in total. The summed E-state index contributed by atoms with van der Waals surface area (Å²) in [5.41, 5.74) is 12.0. The lowest BCUT2D eigenvalue weighted by Gasteiger charge is -2.22. The van der Waals surface area contributed by atoms with Crippen molar-refractivity contribution >= 4 is 5.69 Å². The molecule has 3 aromatic rings. The number of nitrogens with two attached hydrogens (primary N) is 1. The van der Waals surface area contributed by atoms with Gasteiger partial charge in [-0.3, -0.25) is 9.88 Å². The van der Waals surface area contributed by atoms with E-state index in [0.717, 1.165) is 67.0 Å². The van der Waals surface area contributed by atoms with Crippen LogP contribution in [0.25, 0.3) is 0 Å². The number of rotatable bonds is 10. The van der Waals surface area contributed by atoms with Gasteiger partial charge in [-0.05, 0) is 81.9 Å². The molecular formula is C33H45FN6. The normalized spacial score (nSPS) is 16.2. The van der Waals surface area contributed by atoms with E-state index in [4.69, 9.17) is 5.73 Å². The average molecular weight is 545 g/mol. The van der Waals surface area contributed by atoms with Crippen LogP contribution < -0.4 is 16.4 Å². The second-order valence-electron chi connectivity index (χ2n) is 10.4. The second kappa shape index (κ2) is 16.5. The van der Waals surface area contributed by atoms with Gasteiger partial charge in [0.25, 0.3) is 0 Å². The molecule has 0 bridgehead atoms. The number of likely N-dealkylation sites (tertiary alicyclic amines) is 1. The van der Waals surface area contributed by atoms with E-state index in [1.54, 1.807) is 6.07 Å². The lowest BCUT2D eigenvalue weighted by Crippen LogP contribution is -2.32. The Labute approximate surface area is 239 Å². The third-order valence-corrected chi connectivity index (χ3v) is 7.14. The van der Waals surface area contributed by atoms with Crippen LogP contribution in [-0.4, -0.2) is 48.1 Å². The molecule has 1 unspecified atom stereocenters. The zero-order chi connectivity index (χ0) is 28.7. The first-order valence-corrected chi connectivity index (χ1v) is 14.2. The van der Waals surface area contributed by atoms with Gasteiger partial charge in [-0.1, -0.05) is 49.1 Å². The zero-order valence-electron chi connectivity index (χ0n) is 24.1. The van der Waals surface area contributed by atoms with Crippen molar-refractivity contribution < 1.29 is 4.39 Å². The molecule has 7 heteroatoms. The number of likely N-dealkylation sites (N-methyl/N-ethyl adjacent to an activating group) is 2. The van der Waals surface area contributed by atoms with Gasteiger partial charge in [-0.25, -0.2) is 4.98 Å². The van der Waals surface area contributed by atoms with Gasteiger partial charge in [-0.15, -0.1) is 6.58 Å². The number of pyridine rings is 2. The summed E-state index contributed by atoms with van der Waals surface area (Å²) in [5, 5.41) is 6.51. The second-order valence-corrected chi connectivity index (χ2v) is 10.4. The maximum Gasteiger partial charge on any atom is 0.216 e. The van der Waals surface area contributed by atoms with Gasteiger partial charge < -0.3 is 16.4 Å². The van der Waals surface area contributed by atoms with Crippen molar-refractivity contribution in [2.45, 2.75) is 57.0 Å². The average Bonchev–Trinajstić information content (AvgIpc) is 3.72. The van der Waals surface area contributed by atoms with Crippen LogP contribution >= 0.6 is 0 Å². The molecule has 0 radical (unpaired) electrons. The molecule has 2 aromatic heterocycles. The van der Waals surface area contributed by atoms with Crippen molar-refractivity contribution in [3.05, 3.63) is 114 Å². The first kappa shape index (κ1) is 31.0. The van der Waals surface area contributed by atoms with E-state index in [0.29, 0.717) is 12.0 Å². The Kier molecular flexibility index (Phi) is 12.8. The molecule has 2 fully saturated rings. The molecule has 6 nitrogen and oxygen atoms in total. The van der Waals surface area contributed by atoms with E-state index in [1.807, 2.05) is 37.5 Å². The molecular weight excluding hydrogens is 499 g/mol. The largest absolute Gasteiger partial charge is 0.397 e. The third kappa shape index (κ3) is 10.2. The smallest absolute Gasteiger partial charge is 0.216 e. The van der Waals surface area contributed by atoms with Gasteiger partial charge in [0, 0.05) is 49.2 Å². The predicted molar refractivity (Wildman–Crippen MR) is 164 cm³/mol. The monoisotopic (exact) mass is 544 g/mol. The number of nitrogens with zero attached hydrogens (tertiary/aromatic N) is 3. The van der Waals surface area contributed by atoms with Gasteiger partial charge in [-0.2, -0.15) is 4.39 Å². The maximum atomic E-state index is 12.8. The molecule has 0 spiro atoms. The minimum atomic E-state index is -0.287. The van der Waals surface area contributed by atoms with Crippen LogP contribution in [0.5, 0.6) is 0 Å². The van der Waals surface area contributed by atoms with Crippen molar-refractivity contribution in [2.24, 2.45) is 0 Å². The van der Waals surface area contributed by atoms with Crippen LogP contribution in [0.1, 0.15) is 54.0 Å². The van der Waals surface area contributed by atoms with Crippen LogP contribution in [0.15, 0.2) is 85.9 Å². The van der Waals surface area contributed by atoms with Crippen LogP contribution in [0.2, 0.25) is 0 Å². The number of hydrogen-bond donors (Lipinski definition) is 3. The first-order valence-electron chi connectivity index (χ1n) is 14.2. The van der Waals surface area contributed by atoms with E-state index in [2.05, 4.69) is 70.0 Å². The maximum absolute atomic E-state index is 12.8. The molecule has 0 amide bonds. The highest BCUT2D eigenvalue weighted by atomic mass is 19.1. The number of nitrogen functional groups attached to an aromatic ring is 1. The number of anilines is 1. The molecule has 3 heterocycles. The first-order chi connectivity index (χ1) is 19.4. The Morgan fingerprint density at radius 1 is 1.12 bits per heavy atom. The van der Waals surface area contributed by atoms with Crippen LogP contribution in [0.4, 0.5) is 10.1 Å². The molecule has 1 atom stereocenters. The molecule has 1 aromatic carbocycles. The molecule has 1 aliphatic carbocycles. The molecule has 1 saturated heterocycles. The number of aromatic nitrogens is 2. The molecule has 2 aliphatic rings. The fraction of sp³-hybridized carbons (Fsp3) is 0.394. The quantitative estimate of drug-likeness (QED) is 0.227. The predicted octanol–water partition coefficient (Wildman–Crippen LogP) is 5.64. The van der Waals surface area contributed by atoms with Crippen molar-refractivity contribution in [3.8, 4) is 0 Å². The minimum Gasteiger partial charge on any atom is -0.397 e. The molecule has 1 aliphatic heterocycles. The number of nitrogens with one attached hydrogen (secondary N) is 2. The summed E-state index contributed by atoms with van der Waals surface area (Å²) < 4.78 is 12.8. The van der Waals surface area contributed by atoms with Gasteiger partial charge in [0.05, 0.1) is 11.4 Å². The van der Waals surface area contributed by atoms with Crippen LogP contribution in [-0.2, 0) is 19.4 Å². The highest BCUT2D eigenvalue weighted by molar-refractivity contribution is 5.45. The number of hydrogen-bond acceptors (Lipinski definition) is 6. The lowest BCUT2D eigenvalue weighted by molar-refractivity contribution is 0.334. The van der Waals surface area contributed by atoms with E-state index in [-0.39, 0.29) is 5.95 Å². The highest BCUT2D eigenvalue weighted by Gasteiger charge is 2.26. The van der Waals surface area contributed by atoms with Gasteiger partial charge in [0.2, 0.25) is 5.95 Å². The van der Waals surface area contributed by atoms with E-state index < -0.39 is 0 Å². The minimum absolute atomic E-state index is 0.287. The summed E-state index contributed by atoms with van der Waals surface area (Å²) in [5.74, 6) is 0.179. The summed E-state index contributed by atoms with van der Waals surface area (Å²) in [6.07, 6.45) is 11.7. The summed E-state index contributed by atoms with van der Waals surface area (Å²) in [7, 11) is 4.09. The number of benzene rings is 1. The Bertz CT molecular complexity index is 1190. The standard InChI is InChI=1S/C14H20N2.C11H17N3.C8H8FN/c1-12(14-9-6-10-16(14)2)15-11-13-7-4-3-5-8-13;1-3-4-9-7-10(12)11(14-8-9)5-6-13-2;9-8-7(6-3-4-6)2-1-5-10-8/h3-5,7-8,14-15H,1,6,9-11H2,2H3;3,7-8,13H,1,4-6,12H2,2H3;1-2,5-6H,3-4H2. The summed E-state index contributed by atoms with van der Waals surface area (Å²) in [6, 6.07) is 16.6. The lowest BCUT2D eigenvalue weighted by atomic mass is 10.1. The van der Waals surface area contributed by atoms with Crippen molar-refractivity contribution in [2.75, 3.05) is 32.9 Å².